The fraction of sp³-hybridized carbons (Fsp3) is 0.286. The van der Waals surface area contributed by atoms with Gasteiger partial charge in [0, 0.05) is 54.2 Å². The molecule has 3 heterocycles. The Morgan fingerprint density at radius 3 is 2.92 bits per heavy atom. The highest BCUT2D eigenvalue weighted by molar-refractivity contribution is 6.31. The number of aromatic nitrogens is 2. The number of aryl methyl sites for hydroxylation is 1. The van der Waals surface area contributed by atoms with Gasteiger partial charge in [0.05, 0.1) is 5.52 Å². The first-order chi connectivity index (χ1) is 12.0. The number of fused-ring (bicyclic) bond motifs is 3. The predicted molar refractivity (Wildman–Crippen MR) is 106 cm³/mol. The van der Waals surface area contributed by atoms with Gasteiger partial charge in [-0.3, -0.25) is 4.98 Å². The largest absolute Gasteiger partial charge is 0.320 e. The van der Waals surface area contributed by atoms with Crippen LogP contribution in [0.15, 0.2) is 36.7 Å². The van der Waals surface area contributed by atoms with Gasteiger partial charge in [0.1, 0.15) is 0 Å². The van der Waals surface area contributed by atoms with Gasteiger partial charge in [-0.1, -0.05) is 11.6 Å². The lowest BCUT2D eigenvalue weighted by Crippen LogP contribution is -2.26. The van der Waals surface area contributed by atoms with E-state index in [2.05, 4.69) is 59.7 Å². The number of pyridine rings is 1. The molecule has 0 saturated heterocycles. The summed E-state index contributed by atoms with van der Waals surface area (Å²) in [4.78, 5) is 6.58. The molecule has 25 heavy (non-hydrogen) atoms. The maximum Gasteiger partial charge on any atom is 0.0529 e. The number of rotatable bonds is 2. The zero-order valence-electron chi connectivity index (χ0n) is 14.9. The summed E-state index contributed by atoms with van der Waals surface area (Å²) in [7, 11) is 2.18. The highest BCUT2D eigenvalue weighted by Gasteiger charge is 2.22. The molecule has 0 saturated carbocycles. The molecule has 4 heteroatoms. The van der Waals surface area contributed by atoms with Crippen molar-refractivity contribution in [1.82, 2.24) is 14.5 Å². The molecule has 1 aliphatic heterocycles. The number of likely N-dealkylation sites (N-methyl/N-ethyl adjacent to an activating group) is 1. The highest BCUT2D eigenvalue weighted by atomic mass is 35.5. The second kappa shape index (κ2) is 6.32. The Hall–Kier alpha value is -2.10. The fourth-order valence-corrected chi connectivity index (χ4v) is 4.00. The molecule has 0 aliphatic carbocycles. The monoisotopic (exact) mass is 351 g/mol. The van der Waals surface area contributed by atoms with Gasteiger partial charge in [-0.25, -0.2) is 0 Å². The first-order valence-corrected chi connectivity index (χ1v) is 9.01. The average Bonchev–Trinajstić information content (AvgIpc) is 2.88. The Balaban J connectivity index is 1.93. The van der Waals surface area contributed by atoms with E-state index in [0.717, 1.165) is 24.5 Å². The van der Waals surface area contributed by atoms with Crippen LogP contribution in [0.25, 0.3) is 22.7 Å². The van der Waals surface area contributed by atoms with Gasteiger partial charge < -0.3 is 9.47 Å². The number of allylic oxidation sites excluding steroid dienone is 1. The molecule has 1 aliphatic rings. The van der Waals surface area contributed by atoms with Gasteiger partial charge in [-0.2, -0.15) is 0 Å². The van der Waals surface area contributed by atoms with Gasteiger partial charge in [0.15, 0.2) is 0 Å². The van der Waals surface area contributed by atoms with Crippen LogP contribution in [0.4, 0.5) is 0 Å². The van der Waals surface area contributed by atoms with Crippen LogP contribution in [0.1, 0.15) is 29.3 Å². The zero-order valence-corrected chi connectivity index (χ0v) is 15.6. The maximum atomic E-state index is 6.28. The zero-order chi connectivity index (χ0) is 17.6. The summed E-state index contributed by atoms with van der Waals surface area (Å²) in [5.74, 6) is 0. The van der Waals surface area contributed by atoms with Crippen LogP contribution in [0.5, 0.6) is 0 Å². The Kier molecular flexibility index (Phi) is 4.14. The summed E-state index contributed by atoms with van der Waals surface area (Å²) in [6, 6.07) is 8.31. The van der Waals surface area contributed by atoms with Crippen molar-refractivity contribution in [3.05, 3.63) is 64.1 Å². The first kappa shape index (κ1) is 16.4. The molecule has 0 fully saturated rings. The molecule has 0 atom stereocenters. The average molecular weight is 352 g/mol. The summed E-state index contributed by atoms with van der Waals surface area (Å²) >= 11 is 6.28. The van der Waals surface area contributed by atoms with E-state index >= 15 is 0 Å². The number of hydrogen-bond donors (Lipinski definition) is 0. The SMILES string of the molecule is C/C(=C\n1c2c(c3cc(Cl)ccc31)CN(C)CC2)c1ccncc1C. The summed E-state index contributed by atoms with van der Waals surface area (Å²) in [6.07, 6.45) is 7.10. The molecule has 0 spiro atoms. The van der Waals surface area contributed by atoms with E-state index in [1.54, 1.807) is 0 Å². The number of halogens is 1. The lowest BCUT2D eigenvalue weighted by atomic mass is 10.0. The van der Waals surface area contributed by atoms with Crippen LogP contribution in [0.3, 0.4) is 0 Å². The third-order valence-electron chi connectivity index (χ3n) is 5.11. The standard InChI is InChI=1S/C21H22ClN3/c1-14-11-23-8-6-17(14)15(2)12-25-20-5-4-16(22)10-18(20)19-13-24(3)9-7-21(19)25/h4-6,8,10-12H,7,9,13H2,1-3H3/b15-12+. The predicted octanol–water partition coefficient (Wildman–Crippen LogP) is 5.00. The van der Waals surface area contributed by atoms with Crippen LogP contribution in [0.2, 0.25) is 5.02 Å². The Morgan fingerprint density at radius 1 is 1.28 bits per heavy atom. The van der Waals surface area contributed by atoms with E-state index in [0.29, 0.717) is 0 Å². The third kappa shape index (κ3) is 2.88. The molecule has 0 amide bonds. The van der Waals surface area contributed by atoms with Crippen LogP contribution in [-0.4, -0.2) is 28.0 Å². The molecule has 3 aromatic rings. The Labute approximate surface area is 153 Å². The number of nitrogens with zero attached hydrogens (tertiary/aromatic N) is 3. The molecular formula is C21H22ClN3. The summed E-state index contributed by atoms with van der Waals surface area (Å²) in [5, 5.41) is 2.07. The van der Waals surface area contributed by atoms with Crippen LogP contribution >= 0.6 is 11.6 Å². The molecule has 128 valence electrons. The topological polar surface area (TPSA) is 21.1 Å². The van der Waals surface area contributed by atoms with E-state index in [1.807, 2.05) is 18.5 Å². The third-order valence-corrected chi connectivity index (χ3v) is 5.34. The van der Waals surface area contributed by atoms with Crippen molar-refractivity contribution in [2.24, 2.45) is 0 Å². The lowest BCUT2D eigenvalue weighted by Gasteiger charge is -2.23. The van der Waals surface area contributed by atoms with Gasteiger partial charge in [-0.15, -0.1) is 0 Å². The van der Waals surface area contributed by atoms with Crippen molar-refractivity contribution >= 4 is 34.3 Å². The van der Waals surface area contributed by atoms with E-state index in [4.69, 9.17) is 11.6 Å². The maximum absolute atomic E-state index is 6.28. The fourth-order valence-electron chi connectivity index (χ4n) is 3.83. The van der Waals surface area contributed by atoms with Crippen LogP contribution < -0.4 is 0 Å². The molecule has 0 N–H and O–H groups in total. The van der Waals surface area contributed by atoms with Gasteiger partial charge in [-0.05, 0) is 67.4 Å². The number of hydrogen-bond acceptors (Lipinski definition) is 2. The lowest BCUT2D eigenvalue weighted by molar-refractivity contribution is 0.312. The van der Waals surface area contributed by atoms with E-state index in [-0.39, 0.29) is 0 Å². The molecule has 1 aromatic carbocycles. The molecule has 0 unspecified atom stereocenters. The molecule has 0 bridgehead atoms. The minimum atomic E-state index is 0.798. The van der Waals surface area contributed by atoms with Crippen molar-refractivity contribution < 1.29 is 0 Å². The van der Waals surface area contributed by atoms with Crippen LogP contribution in [-0.2, 0) is 13.0 Å². The van der Waals surface area contributed by atoms with Gasteiger partial charge >= 0.3 is 0 Å². The minimum Gasteiger partial charge on any atom is -0.320 e. The van der Waals surface area contributed by atoms with Crippen molar-refractivity contribution in [2.45, 2.75) is 26.8 Å². The summed E-state index contributed by atoms with van der Waals surface area (Å²) in [5.41, 5.74) is 7.73. The van der Waals surface area contributed by atoms with Crippen molar-refractivity contribution in [1.29, 1.82) is 0 Å². The number of benzene rings is 1. The second-order valence-electron chi connectivity index (χ2n) is 6.95. The van der Waals surface area contributed by atoms with E-state index in [1.165, 1.54) is 38.9 Å². The van der Waals surface area contributed by atoms with Gasteiger partial charge in [0.25, 0.3) is 0 Å². The normalized spacial score (nSPS) is 15.6. The second-order valence-corrected chi connectivity index (χ2v) is 7.38. The van der Waals surface area contributed by atoms with Crippen molar-refractivity contribution in [2.75, 3.05) is 13.6 Å². The van der Waals surface area contributed by atoms with Crippen molar-refractivity contribution in [3.8, 4) is 0 Å². The molecule has 0 radical (unpaired) electrons. The highest BCUT2D eigenvalue weighted by Crippen LogP contribution is 2.33. The Bertz CT molecular complexity index is 984. The molecule has 3 nitrogen and oxygen atoms in total. The quantitative estimate of drug-likeness (QED) is 0.647. The first-order valence-electron chi connectivity index (χ1n) is 8.63. The van der Waals surface area contributed by atoms with E-state index < -0.39 is 0 Å². The minimum absolute atomic E-state index is 0.798. The Morgan fingerprint density at radius 2 is 2.12 bits per heavy atom. The van der Waals surface area contributed by atoms with Crippen molar-refractivity contribution in [3.63, 3.8) is 0 Å². The molecular weight excluding hydrogens is 330 g/mol. The molecule has 2 aromatic heterocycles. The van der Waals surface area contributed by atoms with Gasteiger partial charge in [0.2, 0.25) is 0 Å². The van der Waals surface area contributed by atoms with E-state index in [9.17, 15) is 0 Å². The molecule has 4 rings (SSSR count). The summed E-state index contributed by atoms with van der Waals surface area (Å²) < 4.78 is 2.36. The summed E-state index contributed by atoms with van der Waals surface area (Å²) in [6.45, 7) is 6.33. The van der Waals surface area contributed by atoms with Crippen LogP contribution in [0, 0.1) is 6.92 Å². The smallest absolute Gasteiger partial charge is 0.0529 e.